The standard InChI is InChI=1S/C16H19Cl2N3O3.ClH/c17-11-2-1-3-12(18)14(11)16(24)21-6-4-20(5-7-21)15(23)13-8-10(22)9-19-13;/h1-3,10,13,19,22H,4-9H2;1H. The van der Waals surface area contributed by atoms with Crippen LogP contribution in [0.5, 0.6) is 0 Å². The molecule has 2 aliphatic heterocycles. The van der Waals surface area contributed by atoms with Gasteiger partial charge in [-0.3, -0.25) is 9.59 Å². The lowest BCUT2D eigenvalue weighted by molar-refractivity contribution is -0.134. The summed E-state index contributed by atoms with van der Waals surface area (Å²) >= 11 is 12.2. The third kappa shape index (κ3) is 4.38. The molecule has 25 heavy (non-hydrogen) atoms. The summed E-state index contributed by atoms with van der Waals surface area (Å²) in [6.45, 7) is 2.23. The lowest BCUT2D eigenvalue weighted by Crippen LogP contribution is -2.54. The maximum Gasteiger partial charge on any atom is 0.257 e. The number of hydrogen-bond donors (Lipinski definition) is 2. The third-order valence-electron chi connectivity index (χ3n) is 4.46. The molecule has 6 nitrogen and oxygen atoms in total. The van der Waals surface area contributed by atoms with E-state index in [4.69, 9.17) is 23.2 Å². The van der Waals surface area contributed by atoms with E-state index in [0.717, 1.165) is 0 Å². The molecular formula is C16H20Cl3N3O3. The number of nitrogens with zero attached hydrogens (tertiary/aromatic N) is 2. The van der Waals surface area contributed by atoms with Crippen molar-refractivity contribution in [3.63, 3.8) is 0 Å². The van der Waals surface area contributed by atoms with E-state index in [9.17, 15) is 14.7 Å². The van der Waals surface area contributed by atoms with Crippen LogP contribution in [-0.4, -0.2) is 71.6 Å². The van der Waals surface area contributed by atoms with Crippen molar-refractivity contribution in [3.05, 3.63) is 33.8 Å². The van der Waals surface area contributed by atoms with Gasteiger partial charge in [0.2, 0.25) is 5.91 Å². The lowest BCUT2D eigenvalue weighted by atomic mass is 10.1. The van der Waals surface area contributed by atoms with Crippen molar-refractivity contribution in [2.24, 2.45) is 0 Å². The fourth-order valence-electron chi connectivity index (χ4n) is 3.12. The molecule has 1 aromatic carbocycles. The number of rotatable bonds is 2. The minimum atomic E-state index is -0.468. The molecule has 2 atom stereocenters. The number of benzene rings is 1. The Kier molecular flexibility index (Phi) is 6.93. The molecule has 2 heterocycles. The minimum absolute atomic E-state index is 0. The average molecular weight is 409 g/mol. The van der Waals surface area contributed by atoms with Gasteiger partial charge in [0.15, 0.2) is 0 Å². The normalized spacial score (nSPS) is 23.3. The summed E-state index contributed by atoms with van der Waals surface area (Å²) in [5, 5.41) is 13.2. The van der Waals surface area contributed by atoms with Crippen LogP contribution < -0.4 is 5.32 Å². The van der Waals surface area contributed by atoms with E-state index in [1.165, 1.54) is 0 Å². The topological polar surface area (TPSA) is 72.9 Å². The maximum atomic E-state index is 12.6. The van der Waals surface area contributed by atoms with E-state index in [1.807, 2.05) is 0 Å². The SMILES string of the molecule is Cl.O=C(c1c(Cl)cccc1Cl)N1CCN(C(=O)C2CC(O)CN2)CC1. The number of nitrogens with one attached hydrogen (secondary N) is 1. The molecule has 0 aromatic heterocycles. The number of carbonyl (C=O) groups excluding carboxylic acids is 2. The summed E-state index contributed by atoms with van der Waals surface area (Å²) in [6, 6.07) is 4.64. The van der Waals surface area contributed by atoms with Crippen LogP contribution in [0.2, 0.25) is 10.0 Å². The van der Waals surface area contributed by atoms with Gasteiger partial charge < -0.3 is 20.2 Å². The van der Waals surface area contributed by atoms with E-state index in [1.54, 1.807) is 28.0 Å². The number of piperazine rings is 1. The number of aliphatic hydroxyl groups excluding tert-OH is 1. The highest BCUT2D eigenvalue weighted by Crippen LogP contribution is 2.26. The quantitative estimate of drug-likeness (QED) is 0.776. The Hall–Kier alpha value is -1.05. The van der Waals surface area contributed by atoms with Crippen molar-refractivity contribution < 1.29 is 14.7 Å². The predicted octanol–water partition coefficient (Wildman–Crippen LogP) is 1.42. The Bertz CT molecular complexity index is 631. The molecule has 2 unspecified atom stereocenters. The van der Waals surface area contributed by atoms with E-state index >= 15 is 0 Å². The number of amides is 2. The third-order valence-corrected chi connectivity index (χ3v) is 5.09. The lowest BCUT2D eigenvalue weighted by Gasteiger charge is -2.36. The molecule has 9 heteroatoms. The van der Waals surface area contributed by atoms with E-state index in [-0.39, 0.29) is 30.3 Å². The molecule has 2 N–H and O–H groups in total. The maximum absolute atomic E-state index is 12.6. The molecule has 2 aliphatic rings. The van der Waals surface area contributed by atoms with Crippen molar-refractivity contribution in [1.82, 2.24) is 15.1 Å². The van der Waals surface area contributed by atoms with Gasteiger partial charge in [-0.1, -0.05) is 29.3 Å². The zero-order valence-corrected chi connectivity index (χ0v) is 15.8. The summed E-state index contributed by atoms with van der Waals surface area (Å²) in [7, 11) is 0. The number of halogens is 3. The minimum Gasteiger partial charge on any atom is -0.392 e. The zero-order valence-electron chi connectivity index (χ0n) is 13.5. The zero-order chi connectivity index (χ0) is 17.3. The first kappa shape index (κ1) is 20.3. The Morgan fingerprint density at radius 1 is 1.08 bits per heavy atom. The Balaban J connectivity index is 0.00000225. The fourth-order valence-corrected chi connectivity index (χ4v) is 3.67. The van der Waals surface area contributed by atoms with E-state index < -0.39 is 6.10 Å². The second-order valence-electron chi connectivity index (χ2n) is 6.06. The van der Waals surface area contributed by atoms with Crippen molar-refractivity contribution in [2.75, 3.05) is 32.7 Å². The fraction of sp³-hybridized carbons (Fsp3) is 0.500. The van der Waals surface area contributed by atoms with E-state index in [2.05, 4.69) is 5.32 Å². The van der Waals surface area contributed by atoms with Gasteiger partial charge in [-0.05, 0) is 18.6 Å². The van der Waals surface area contributed by atoms with Crippen LogP contribution in [0.15, 0.2) is 18.2 Å². The van der Waals surface area contributed by atoms with Gasteiger partial charge in [-0.25, -0.2) is 0 Å². The largest absolute Gasteiger partial charge is 0.392 e. The van der Waals surface area contributed by atoms with Gasteiger partial charge in [0.05, 0.1) is 27.8 Å². The molecule has 0 bridgehead atoms. The Morgan fingerprint density at radius 3 is 2.16 bits per heavy atom. The van der Waals surface area contributed by atoms with Crippen molar-refractivity contribution in [1.29, 1.82) is 0 Å². The predicted molar refractivity (Wildman–Crippen MR) is 98.6 cm³/mol. The van der Waals surface area contributed by atoms with Gasteiger partial charge >= 0.3 is 0 Å². The number of aliphatic hydroxyl groups is 1. The van der Waals surface area contributed by atoms with Crippen LogP contribution in [0.1, 0.15) is 16.8 Å². The first-order chi connectivity index (χ1) is 11.5. The summed E-state index contributed by atoms with van der Waals surface area (Å²) in [5.41, 5.74) is 0.307. The molecule has 0 spiro atoms. The first-order valence-corrected chi connectivity index (χ1v) is 8.66. The number of β-amino-alcohol motifs (C(OH)–C–C–N with tert-alkyl or cyclic N) is 1. The highest BCUT2D eigenvalue weighted by molar-refractivity contribution is 6.39. The summed E-state index contributed by atoms with van der Waals surface area (Å²) in [6.07, 6.45) is -0.0306. The molecule has 2 saturated heterocycles. The molecule has 3 rings (SSSR count). The average Bonchev–Trinajstić information content (AvgIpc) is 3.00. The van der Waals surface area contributed by atoms with Crippen molar-refractivity contribution in [3.8, 4) is 0 Å². The van der Waals surface area contributed by atoms with Gasteiger partial charge in [0.1, 0.15) is 0 Å². The van der Waals surface area contributed by atoms with Crippen LogP contribution in [0.4, 0.5) is 0 Å². The van der Waals surface area contributed by atoms with Crippen LogP contribution in [0.3, 0.4) is 0 Å². The van der Waals surface area contributed by atoms with Gasteiger partial charge in [0, 0.05) is 32.7 Å². The van der Waals surface area contributed by atoms with Crippen LogP contribution in [0, 0.1) is 0 Å². The monoisotopic (exact) mass is 407 g/mol. The molecule has 2 amide bonds. The van der Waals surface area contributed by atoms with Crippen molar-refractivity contribution in [2.45, 2.75) is 18.6 Å². The molecular weight excluding hydrogens is 389 g/mol. The molecule has 0 radical (unpaired) electrons. The smallest absolute Gasteiger partial charge is 0.257 e. The van der Waals surface area contributed by atoms with Crippen LogP contribution in [0.25, 0.3) is 0 Å². The number of hydrogen-bond acceptors (Lipinski definition) is 4. The molecule has 1 aromatic rings. The second-order valence-corrected chi connectivity index (χ2v) is 6.88. The highest BCUT2D eigenvalue weighted by atomic mass is 35.5. The summed E-state index contributed by atoms with van der Waals surface area (Å²) < 4.78 is 0. The summed E-state index contributed by atoms with van der Waals surface area (Å²) in [5.74, 6) is -0.235. The Morgan fingerprint density at radius 2 is 1.64 bits per heavy atom. The first-order valence-electron chi connectivity index (χ1n) is 7.91. The van der Waals surface area contributed by atoms with Crippen LogP contribution in [-0.2, 0) is 4.79 Å². The van der Waals surface area contributed by atoms with Gasteiger partial charge in [-0.2, -0.15) is 0 Å². The molecule has 0 aliphatic carbocycles. The van der Waals surface area contributed by atoms with Gasteiger partial charge in [-0.15, -0.1) is 12.4 Å². The van der Waals surface area contributed by atoms with E-state index in [0.29, 0.717) is 54.8 Å². The van der Waals surface area contributed by atoms with Crippen molar-refractivity contribution >= 4 is 47.4 Å². The van der Waals surface area contributed by atoms with Gasteiger partial charge in [0.25, 0.3) is 5.91 Å². The molecule has 0 saturated carbocycles. The molecule has 2 fully saturated rings. The summed E-state index contributed by atoms with van der Waals surface area (Å²) in [4.78, 5) is 28.4. The Labute approximate surface area is 162 Å². The number of carbonyl (C=O) groups is 2. The highest BCUT2D eigenvalue weighted by Gasteiger charge is 2.34. The molecule has 138 valence electrons. The second kappa shape index (κ2) is 8.56. The van der Waals surface area contributed by atoms with Crippen LogP contribution >= 0.6 is 35.6 Å².